The van der Waals surface area contributed by atoms with Gasteiger partial charge in [-0.25, -0.2) is 5.43 Å². The summed E-state index contributed by atoms with van der Waals surface area (Å²) < 4.78 is 0. The standard InChI is InChI=1S/C14H15ClN2S/c1-18-13-8-4-11(5-9-13)14(17-16)10-2-6-12(15)7-3-10/h2-9,14,17H,16H2,1H3. The first-order valence-corrected chi connectivity index (χ1v) is 7.20. The molecule has 0 fully saturated rings. The van der Waals surface area contributed by atoms with Crippen LogP contribution in [0.25, 0.3) is 0 Å². The van der Waals surface area contributed by atoms with Gasteiger partial charge < -0.3 is 0 Å². The minimum atomic E-state index is -0.0156. The Morgan fingerprint density at radius 2 is 1.50 bits per heavy atom. The van der Waals surface area contributed by atoms with E-state index < -0.39 is 0 Å². The molecule has 0 aliphatic rings. The fourth-order valence-corrected chi connectivity index (χ4v) is 2.37. The van der Waals surface area contributed by atoms with Crippen LogP contribution in [-0.4, -0.2) is 6.26 Å². The lowest BCUT2D eigenvalue weighted by Crippen LogP contribution is -2.28. The highest BCUT2D eigenvalue weighted by Crippen LogP contribution is 2.24. The summed E-state index contributed by atoms with van der Waals surface area (Å²) in [5.74, 6) is 5.66. The largest absolute Gasteiger partial charge is 0.271 e. The predicted octanol–water partition coefficient (Wildman–Crippen LogP) is 3.61. The van der Waals surface area contributed by atoms with Crippen molar-refractivity contribution in [3.8, 4) is 0 Å². The highest BCUT2D eigenvalue weighted by Gasteiger charge is 2.11. The molecule has 0 heterocycles. The Kier molecular flexibility index (Phi) is 4.66. The first-order chi connectivity index (χ1) is 8.74. The summed E-state index contributed by atoms with van der Waals surface area (Å²) in [5.41, 5.74) is 5.07. The number of thioether (sulfide) groups is 1. The van der Waals surface area contributed by atoms with Gasteiger partial charge in [-0.2, -0.15) is 0 Å². The SMILES string of the molecule is CSc1ccc(C(NN)c2ccc(Cl)cc2)cc1. The third-order valence-electron chi connectivity index (χ3n) is 2.82. The van der Waals surface area contributed by atoms with Gasteiger partial charge >= 0.3 is 0 Å². The number of nitrogens with one attached hydrogen (secondary N) is 1. The third kappa shape index (κ3) is 3.06. The van der Waals surface area contributed by atoms with Crippen LogP contribution in [0.15, 0.2) is 53.4 Å². The summed E-state index contributed by atoms with van der Waals surface area (Å²) in [6, 6.07) is 16.1. The van der Waals surface area contributed by atoms with Crippen molar-refractivity contribution in [3.63, 3.8) is 0 Å². The molecule has 0 aliphatic carbocycles. The molecule has 1 atom stereocenters. The van der Waals surface area contributed by atoms with Crippen LogP contribution in [0, 0.1) is 0 Å². The minimum Gasteiger partial charge on any atom is -0.271 e. The molecule has 2 rings (SSSR count). The third-order valence-corrected chi connectivity index (χ3v) is 3.81. The van der Waals surface area contributed by atoms with E-state index in [2.05, 4.69) is 35.9 Å². The normalized spacial score (nSPS) is 12.4. The number of benzene rings is 2. The fourth-order valence-electron chi connectivity index (χ4n) is 1.84. The zero-order valence-electron chi connectivity index (χ0n) is 10.1. The highest BCUT2D eigenvalue weighted by atomic mass is 35.5. The van der Waals surface area contributed by atoms with E-state index in [9.17, 15) is 0 Å². The molecule has 0 radical (unpaired) electrons. The smallest absolute Gasteiger partial charge is 0.0710 e. The summed E-state index contributed by atoms with van der Waals surface area (Å²) in [6.07, 6.45) is 2.06. The molecule has 4 heteroatoms. The molecule has 3 N–H and O–H groups in total. The Bertz CT molecular complexity index is 496. The number of halogens is 1. The van der Waals surface area contributed by atoms with Crippen molar-refractivity contribution < 1.29 is 0 Å². The molecule has 0 saturated heterocycles. The Morgan fingerprint density at radius 3 is 1.94 bits per heavy atom. The van der Waals surface area contributed by atoms with Crippen LogP contribution in [0.1, 0.15) is 17.2 Å². The number of hydrogen-bond acceptors (Lipinski definition) is 3. The molecule has 18 heavy (non-hydrogen) atoms. The highest BCUT2D eigenvalue weighted by molar-refractivity contribution is 7.98. The van der Waals surface area contributed by atoms with Gasteiger partial charge in [0.2, 0.25) is 0 Å². The number of hydrazine groups is 1. The van der Waals surface area contributed by atoms with Crippen LogP contribution >= 0.6 is 23.4 Å². The van der Waals surface area contributed by atoms with E-state index in [-0.39, 0.29) is 6.04 Å². The maximum Gasteiger partial charge on any atom is 0.0710 e. The molecule has 2 aromatic carbocycles. The van der Waals surface area contributed by atoms with Gasteiger partial charge in [0.1, 0.15) is 0 Å². The number of rotatable bonds is 4. The van der Waals surface area contributed by atoms with E-state index in [1.165, 1.54) is 4.90 Å². The molecular weight excluding hydrogens is 264 g/mol. The lowest BCUT2D eigenvalue weighted by atomic mass is 9.99. The molecule has 1 unspecified atom stereocenters. The first kappa shape index (κ1) is 13.4. The predicted molar refractivity (Wildman–Crippen MR) is 78.8 cm³/mol. The van der Waals surface area contributed by atoms with Crippen LogP contribution in [0.3, 0.4) is 0 Å². The van der Waals surface area contributed by atoms with Crippen LogP contribution in [0.2, 0.25) is 5.02 Å². The van der Waals surface area contributed by atoms with Crippen molar-refractivity contribution in [2.45, 2.75) is 10.9 Å². The van der Waals surface area contributed by atoms with E-state index in [4.69, 9.17) is 17.4 Å². The number of hydrogen-bond donors (Lipinski definition) is 2. The lowest BCUT2D eigenvalue weighted by Gasteiger charge is -2.17. The molecule has 0 amide bonds. The molecule has 0 aromatic heterocycles. The Morgan fingerprint density at radius 1 is 1.00 bits per heavy atom. The second-order valence-electron chi connectivity index (χ2n) is 3.92. The van der Waals surface area contributed by atoms with Crippen LogP contribution in [-0.2, 0) is 0 Å². The van der Waals surface area contributed by atoms with Crippen molar-refractivity contribution in [2.75, 3.05) is 6.26 Å². The topological polar surface area (TPSA) is 38.0 Å². The van der Waals surface area contributed by atoms with E-state index in [0.29, 0.717) is 0 Å². The van der Waals surface area contributed by atoms with Gasteiger partial charge in [-0.1, -0.05) is 35.9 Å². The quantitative estimate of drug-likeness (QED) is 0.510. The number of nitrogens with two attached hydrogens (primary N) is 1. The van der Waals surface area contributed by atoms with Crippen molar-refractivity contribution in [2.24, 2.45) is 5.84 Å². The van der Waals surface area contributed by atoms with Gasteiger partial charge in [0, 0.05) is 9.92 Å². The van der Waals surface area contributed by atoms with Crippen LogP contribution in [0.5, 0.6) is 0 Å². The molecule has 0 aliphatic heterocycles. The molecule has 94 valence electrons. The van der Waals surface area contributed by atoms with Gasteiger partial charge in [-0.3, -0.25) is 5.84 Å². The zero-order chi connectivity index (χ0) is 13.0. The summed E-state index contributed by atoms with van der Waals surface area (Å²) in [7, 11) is 0. The van der Waals surface area contributed by atoms with Crippen molar-refractivity contribution in [1.82, 2.24) is 5.43 Å². The minimum absolute atomic E-state index is 0.0156. The molecule has 0 bridgehead atoms. The molecule has 2 aromatic rings. The van der Waals surface area contributed by atoms with Crippen molar-refractivity contribution >= 4 is 23.4 Å². The maximum absolute atomic E-state index is 5.89. The summed E-state index contributed by atoms with van der Waals surface area (Å²) >= 11 is 7.62. The average Bonchev–Trinajstić information content (AvgIpc) is 2.42. The molecular formula is C14H15ClN2S. The van der Waals surface area contributed by atoms with Gasteiger partial charge in [0.25, 0.3) is 0 Å². The second kappa shape index (κ2) is 6.25. The Balaban J connectivity index is 2.29. The van der Waals surface area contributed by atoms with E-state index >= 15 is 0 Å². The maximum atomic E-state index is 5.89. The van der Waals surface area contributed by atoms with Gasteiger partial charge in [-0.15, -0.1) is 11.8 Å². The molecule has 0 spiro atoms. The van der Waals surface area contributed by atoms with Gasteiger partial charge in [0.05, 0.1) is 6.04 Å². The molecule has 0 saturated carbocycles. The summed E-state index contributed by atoms with van der Waals surface area (Å²) in [6.45, 7) is 0. The van der Waals surface area contributed by atoms with E-state index in [0.717, 1.165) is 16.1 Å². The lowest BCUT2D eigenvalue weighted by molar-refractivity contribution is 0.636. The van der Waals surface area contributed by atoms with Crippen LogP contribution in [0.4, 0.5) is 0 Å². The summed E-state index contributed by atoms with van der Waals surface area (Å²) in [4.78, 5) is 1.24. The van der Waals surface area contributed by atoms with Gasteiger partial charge in [-0.05, 0) is 41.6 Å². The van der Waals surface area contributed by atoms with E-state index in [1.807, 2.05) is 24.3 Å². The molecule has 2 nitrogen and oxygen atoms in total. The summed E-state index contributed by atoms with van der Waals surface area (Å²) in [5, 5.41) is 0.729. The van der Waals surface area contributed by atoms with Gasteiger partial charge in [0.15, 0.2) is 0 Å². The van der Waals surface area contributed by atoms with Crippen molar-refractivity contribution in [3.05, 3.63) is 64.7 Å². The second-order valence-corrected chi connectivity index (χ2v) is 5.24. The average molecular weight is 279 g/mol. The zero-order valence-corrected chi connectivity index (χ0v) is 11.6. The van der Waals surface area contributed by atoms with Crippen molar-refractivity contribution in [1.29, 1.82) is 0 Å². The Hall–Kier alpha value is -1.00. The first-order valence-electron chi connectivity index (χ1n) is 5.60. The monoisotopic (exact) mass is 278 g/mol. The van der Waals surface area contributed by atoms with Crippen LogP contribution < -0.4 is 11.3 Å². The fraction of sp³-hybridized carbons (Fsp3) is 0.143. The Labute approximate surface area is 117 Å². The van der Waals surface area contributed by atoms with E-state index in [1.54, 1.807) is 11.8 Å².